The van der Waals surface area contributed by atoms with Crippen LogP contribution in [0, 0.1) is 5.92 Å². The van der Waals surface area contributed by atoms with Crippen molar-refractivity contribution in [2.45, 2.75) is 39.7 Å². The number of hydrogen-bond acceptors (Lipinski definition) is 3. The van der Waals surface area contributed by atoms with Gasteiger partial charge in [-0.1, -0.05) is 27.2 Å². The zero-order chi connectivity index (χ0) is 11.3. The first-order valence-corrected chi connectivity index (χ1v) is 6.06. The van der Waals surface area contributed by atoms with E-state index in [1.54, 1.807) is 0 Å². The van der Waals surface area contributed by atoms with Crippen molar-refractivity contribution < 1.29 is 9.53 Å². The van der Waals surface area contributed by atoms with Gasteiger partial charge in [0.1, 0.15) is 6.10 Å². The largest absolute Gasteiger partial charge is 0.368 e. The molecule has 1 rings (SSSR count). The maximum atomic E-state index is 12.0. The molecule has 0 spiro atoms. The van der Waals surface area contributed by atoms with Gasteiger partial charge in [0.05, 0.1) is 6.61 Å². The Morgan fingerprint density at radius 3 is 2.87 bits per heavy atom. The second-order valence-corrected chi connectivity index (χ2v) is 4.34. The fourth-order valence-electron chi connectivity index (χ4n) is 2.05. The minimum atomic E-state index is -0.180. The SMILES string of the molecule is CCCC(C)C(=O)C1CN(CC)CCO1. The van der Waals surface area contributed by atoms with E-state index < -0.39 is 0 Å². The zero-order valence-corrected chi connectivity index (χ0v) is 10.2. The van der Waals surface area contributed by atoms with Crippen molar-refractivity contribution in [2.75, 3.05) is 26.2 Å². The summed E-state index contributed by atoms with van der Waals surface area (Å²) in [4.78, 5) is 14.3. The number of Topliss-reactive ketones (excluding diaryl/α,β-unsaturated/α-hetero) is 1. The van der Waals surface area contributed by atoms with Crippen LogP contribution in [0.5, 0.6) is 0 Å². The van der Waals surface area contributed by atoms with Gasteiger partial charge in [0.15, 0.2) is 5.78 Å². The van der Waals surface area contributed by atoms with Crippen molar-refractivity contribution in [2.24, 2.45) is 5.92 Å². The Morgan fingerprint density at radius 2 is 2.27 bits per heavy atom. The molecule has 1 aliphatic rings. The van der Waals surface area contributed by atoms with Gasteiger partial charge in [0.25, 0.3) is 0 Å². The predicted octanol–water partition coefficient (Wildman–Crippen LogP) is 1.71. The highest BCUT2D eigenvalue weighted by molar-refractivity contribution is 5.85. The molecule has 2 atom stereocenters. The predicted molar refractivity (Wildman–Crippen MR) is 60.9 cm³/mol. The summed E-state index contributed by atoms with van der Waals surface area (Å²) in [6, 6.07) is 0. The molecule has 0 bridgehead atoms. The van der Waals surface area contributed by atoms with Crippen LogP contribution >= 0.6 is 0 Å². The van der Waals surface area contributed by atoms with Gasteiger partial charge >= 0.3 is 0 Å². The summed E-state index contributed by atoms with van der Waals surface area (Å²) >= 11 is 0. The van der Waals surface area contributed by atoms with Crippen molar-refractivity contribution in [3.8, 4) is 0 Å². The summed E-state index contributed by atoms with van der Waals surface area (Å²) in [6.45, 7) is 9.70. The van der Waals surface area contributed by atoms with Gasteiger partial charge in [-0.25, -0.2) is 0 Å². The number of rotatable bonds is 5. The zero-order valence-electron chi connectivity index (χ0n) is 10.2. The smallest absolute Gasteiger partial charge is 0.165 e. The van der Waals surface area contributed by atoms with E-state index in [0.29, 0.717) is 6.61 Å². The van der Waals surface area contributed by atoms with Crippen molar-refractivity contribution >= 4 is 5.78 Å². The summed E-state index contributed by atoms with van der Waals surface area (Å²) in [5.74, 6) is 0.437. The lowest BCUT2D eigenvalue weighted by Crippen LogP contribution is -2.47. The lowest BCUT2D eigenvalue weighted by atomic mass is 9.96. The van der Waals surface area contributed by atoms with E-state index in [1.807, 2.05) is 6.92 Å². The quantitative estimate of drug-likeness (QED) is 0.696. The molecule has 0 amide bonds. The van der Waals surface area contributed by atoms with Crippen LogP contribution in [0.15, 0.2) is 0 Å². The van der Waals surface area contributed by atoms with Gasteiger partial charge in [-0.05, 0) is 13.0 Å². The maximum absolute atomic E-state index is 12.0. The number of carbonyl (C=O) groups is 1. The van der Waals surface area contributed by atoms with Crippen LogP contribution < -0.4 is 0 Å². The number of ether oxygens (including phenoxy) is 1. The third kappa shape index (κ3) is 3.58. The summed E-state index contributed by atoms with van der Waals surface area (Å²) in [6.07, 6.45) is 1.86. The molecule has 0 aromatic carbocycles. The molecule has 3 nitrogen and oxygen atoms in total. The van der Waals surface area contributed by atoms with Crippen LogP contribution in [0.25, 0.3) is 0 Å². The average molecular weight is 213 g/mol. The van der Waals surface area contributed by atoms with E-state index in [0.717, 1.165) is 32.5 Å². The Hall–Kier alpha value is -0.410. The standard InChI is InChI=1S/C12H23NO2/c1-4-6-10(3)12(14)11-9-13(5-2)7-8-15-11/h10-11H,4-9H2,1-3H3. The highest BCUT2D eigenvalue weighted by Crippen LogP contribution is 2.14. The van der Waals surface area contributed by atoms with E-state index in [4.69, 9.17) is 4.74 Å². The third-order valence-corrected chi connectivity index (χ3v) is 3.12. The van der Waals surface area contributed by atoms with E-state index in [-0.39, 0.29) is 17.8 Å². The Morgan fingerprint density at radius 1 is 1.53 bits per heavy atom. The summed E-state index contributed by atoms with van der Waals surface area (Å²) in [5, 5.41) is 0. The minimum absolute atomic E-state index is 0.150. The number of hydrogen-bond donors (Lipinski definition) is 0. The first-order valence-electron chi connectivity index (χ1n) is 6.06. The van der Waals surface area contributed by atoms with Crippen LogP contribution in [-0.4, -0.2) is 43.0 Å². The van der Waals surface area contributed by atoms with Gasteiger partial charge in [0.2, 0.25) is 0 Å². The first kappa shape index (κ1) is 12.7. The average Bonchev–Trinajstić information content (AvgIpc) is 2.28. The first-order chi connectivity index (χ1) is 7.19. The molecule has 3 heteroatoms. The molecule has 1 fully saturated rings. The molecule has 0 radical (unpaired) electrons. The number of morpholine rings is 1. The Bertz CT molecular complexity index is 206. The molecule has 0 saturated carbocycles. The van der Waals surface area contributed by atoms with E-state index in [1.165, 1.54) is 0 Å². The molecule has 0 aromatic rings. The highest BCUT2D eigenvalue weighted by atomic mass is 16.5. The Balaban J connectivity index is 2.44. The second kappa shape index (κ2) is 6.23. The number of nitrogens with zero attached hydrogens (tertiary/aromatic N) is 1. The molecule has 1 heterocycles. The Kier molecular flexibility index (Phi) is 5.26. The van der Waals surface area contributed by atoms with E-state index in [9.17, 15) is 4.79 Å². The lowest BCUT2D eigenvalue weighted by Gasteiger charge is -2.32. The van der Waals surface area contributed by atoms with Crippen LogP contribution in [0.1, 0.15) is 33.6 Å². The van der Waals surface area contributed by atoms with Crippen molar-refractivity contribution in [1.82, 2.24) is 4.90 Å². The van der Waals surface area contributed by atoms with Crippen molar-refractivity contribution in [3.63, 3.8) is 0 Å². The summed E-state index contributed by atoms with van der Waals surface area (Å²) in [5.41, 5.74) is 0. The molecular weight excluding hydrogens is 190 g/mol. The summed E-state index contributed by atoms with van der Waals surface area (Å²) < 4.78 is 5.55. The van der Waals surface area contributed by atoms with Crippen LogP contribution in [0.3, 0.4) is 0 Å². The second-order valence-electron chi connectivity index (χ2n) is 4.34. The minimum Gasteiger partial charge on any atom is -0.368 e. The Labute approximate surface area is 92.8 Å². The van der Waals surface area contributed by atoms with Gasteiger partial charge in [-0.15, -0.1) is 0 Å². The molecule has 15 heavy (non-hydrogen) atoms. The number of carbonyl (C=O) groups excluding carboxylic acids is 1. The van der Waals surface area contributed by atoms with E-state index in [2.05, 4.69) is 18.7 Å². The van der Waals surface area contributed by atoms with Crippen LogP contribution in [-0.2, 0) is 9.53 Å². The molecule has 0 aliphatic carbocycles. The molecule has 88 valence electrons. The molecular formula is C12H23NO2. The number of ketones is 1. The molecule has 0 aromatic heterocycles. The number of likely N-dealkylation sites (N-methyl/N-ethyl adjacent to an activating group) is 1. The summed E-state index contributed by atoms with van der Waals surface area (Å²) in [7, 11) is 0. The van der Waals surface area contributed by atoms with Gasteiger partial charge < -0.3 is 4.74 Å². The third-order valence-electron chi connectivity index (χ3n) is 3.12. The van der Waals surface area contributed by atoms with Gasteiger partial charge in [0, 0.05) is 19.0 Å². The van der Waals surface area contributed by atoms with Gasteiger partial charge in [-0.2, -0.15) is 0 Å². The fraction of sp³-hybridized carbons (Fsp3) is 0.917. The normalized spacial score (nSPS) is 25.1. The molecule has 0 N–H and O–H groups in total. The highest BCUT2D eigenvalue weighted by Gasteiger charge is 2.28. The van der Waals surface area contributed by atoms with Gasteiger partial charge in [-0.3, -0.25) is 9.69 Å². The topological polar surface area (TPSA) is 29.5 Å². The monoisotopic (exact) mass is 213 g/mol. The lowest BCUT2D eigenvalue weighted by molar-refractivity contribution is -0.139. The molecule has 1 aliphatic heterocycles. The molecule has 2 unspecified atom stereocenters. The van der Waals surface area contributed by atoms with Crippen molar-refractivity contribution in [1.29, 1.82) is 0 Å². The van der Waals surface area contributed by atoms with Crippen LogP contribution in [0.2, 0.25) is 0 Å². The molecule has 1 saturated heterocycles. The van der Waals surface area contributed by atoms with Crippen molar-refractivity contribution in [3.05, 3.63) is 0 Å². The fourth-order valence-corrected chi connectivity index (χ4v) is 2.05. The maximum Gasteiger partial charge on any atom is 0.165 e. The van der Waals surface area contributed by atoms with E-state index >= 15 is 0 Å². The van der Waals surface area contributed by atoms with Crippen LogP contribution in [0.4, 0.5) is 0 Å².